The maximum absolute atomic E-state index is 12.8. The number of hydrogen-bond acceptors (Lipinski definition) is 5. The van der Waals surface area contributed by atoms with E-state index in [0.717, 1.165) is 52.0 Å². The van der Waals surface area contributed by atoms with Gasteiger partial charge in [-0.3, -0.25) is 0 Å². The fourth-order valence-corrected chi connectivity index (χ4v) is 5.22. The van der Waals surface area contributed by atoms with Crippen LogP contribution in [0.5, 0.6) is 5.75 Å². The predicted octanol–water partition coefficient (Wildman–Crippen LogP) is 5.81. The van der Waals surface area contributed by atoms with Crippen LogP contribution in [0.15, 0.2) is 91.0 Å². The molecule has 0 radical (unpaired) electrons. The van der Waals surface area contributed by atoms with Crippen LogP contribution in [0.25, 0.3) is 16.8 Å². The fraction of sp³-hybridized carbons (Fsp3) is 0.194. The van der Waals surface area contributed by atoms with Gasteiger partial charge in [-0.25, -0.2) is 4.79 Å². The Morgan fingerprint density at radius 2 is 1.56 bits per heavy atom. The first kappa shape index (κ1) is 22.4. The Kier molecular flexibility index (Phi) is 5.70. The zero-order chi connectivity index (χ0) is 24.5. The van der Waals surface area contributed by atoms with Crippen molar-refractivity contribution in [3.63, 3.8) is 0 Å². The Labute approximate surface area is 210 Å². The Balaban J connectivity index is 1.51. The van der Waals surface area contributed by atoms with Crippen molar-refractivity contribution in [1.29, 1.82) is 0 Å². The van der Waals surface area contributed by atoms with Crippen molar-refractivity contribution < 1.29 is 19.0 Å². The molecule has 1 saturated heterocycles. The smallest absolute Gasteiger partial charge is 0.339 e. The fourth-order valence-electron chi connectivity index (χ4n) is 5.22. The molecule has 0 atom stereocenters. The first-order chi connectivity index (χ1) is 17.7. The third-order valence-electron chi connectivity index (χ3n) is 7.06. The molecule has 180 valence electrons. The summed E-state index contributed by atoms with van der Waals surface area (Å²) in [5.74, 6) is 0.423. The molecule has 4 aromatic rings. The van der Waals surface area contributed by atoms with Gasteiger partial charge in [0.25, 0.3) is 0 Å². The second kappa shape index (κ2) is 9.17. The minimum absolute atomic E-state index is 0.348. The lowest BCUT2D eigenvalue weighted by Gasteiger charge is -2.36. The molecule has 36 heavy (non-hydrogen) atoms. The average Bonchev–Trinajstić information content (AvgIpc) is 2.97. The molecule has 0 aromatic heterocycles. The SMILES string of the molecule is COC(=O)c1cc2c3c(ccc2cc1N1CCOCC1)OC(c1ccccc1)(c1ccccc1)C=C3. The first-order valence-corrected chi connectivity index (χ1v) is 12.2. The van der Waals surface area contributed by atoms with Crippen molar-refractivity contribution in [2.75, 3.05) is 38.3 Å². The molecule has 2 heterocycles. The molecule has 2 aliphatic rings. The van der Waals surface area contributed by atoms with Gasteiger partial charge in [0.05, 0.1) is 31.6 Å². The van der Waals surface area contributed by atoms with E-state index in [1.807, 2.05) is 48.5 Å². The number of hydrogen-bond donors (Lipinski definition) is 0. The number of carbonyl (C=O) groups excluding carboxylic acids is 1. The molecular formula is C31H27NO4. The van der Waals surface area contributed by atoms with E-state index >= 15 is 0 Å². The standard InChI is InChI=1S/C31H27NO4/c1-34-30(33)27-21-26-22(20-28(27)32-16-18-35-19-17-32)12-13-29-25(26)14-15-31(36-29,23-8-4-2-5-9-23)24-10-6-3-7-11-24/h2-15,20-21H,16-19H2,1H3. The van der Waals surface area contributed by atoms with Gasteiger partial charge in [0, 0.05) is 29.8 Å². The maximum Gasteiger partial charge on any atom is 0.339 e. The molecular weight excluding hydrogens is 450 g/mol. The van der Waals surface area contributed by atoms with E-state index in [-0.39, 0.29) is 5.97 Å². The van der Waals surface area contributed by atoms with Gasteiger partial charge < -0.3 is 19.1 Å². The van der Waals surface area contributed by atoms with Gasteiger partial charge in [0.1, 0.15) is 5.75 Å². The van der Waals surface area contributed by atoms with Gasteiger partial charge in [0.15, 0.2) is 5.60 Å². The minimum atomic E-state index is -0.748. The Bertz CT molecular complexity index is 1400. The van der Waals surface area contributed by atoms with E-state index in [9.17, 15) is 4.79 Å². The summed E-state index contributed by atoms with van der Waals surface area (Å²) in [7, 11) is 1.42. The lowest BCUT2D eigenvalue weighted by molar-refractivity contribution is 0.0600. The molecule has 2 aliphatic heterocycles. The van der Waals surface area contributed by atoms with Crippen molar-refractivity contribution in [1.82, 2.24) is 0 Å². The van der Waals surface area contributed by atoms with Gasteiger partial charge in [-0.05, 0) is 41.1 Å². The molecule has 5 nitrogen and oxygen atoms in total. The third-order valence-corrected chi connectivity index (χ3v) is 7.06. The zero-order valence-corrected chi connectivity index (χ0v) is 20.1. The molecule has 6 rings (SSSR count). The molecule has 0 unspecified atom stereocenters. The lowest BCUT2D eigenvalue weighted by atomic mass is 9.83. The number of rotatable bonds is 4. The summed E-state index contributed by atoms with van der Waals surface area (Å²) < 4.78 is 17.5. The molecule has 0 aliphatic carbocycles. The summed E-state index contributed by atoms with van der Waals surface area (Å²) in [4.78, 5) is 15.0. The second-order valence-electron chi connectivity index (χ2n) is 9.06. The summed E-state index contributed by atoms with van der Waals surface area (Å²) in [5, 5.41) is 2.00. The summed E-state index contributed by atoms with van der Waals surface area (Å²) in [6.07, 6.45) is 4.24. The first-order valence-electron chi connectivity index (χ1n) is 12.2. The van der Waals surface area contributed by atoms with Crippen molar-refractivity contribution in [3.05, 3.63) is 113 Å². The van der Waals surface area contributed by atoms with Crippen molar-refractivity contribution in [2.24, 2.45) is 0 Å². The van der Waals surface area contributed by atoms with Gasteiger partial charge >= 0.3 is 5.97 Å². The monoisotopic (exact) mass is 477 g/mol. The molecule has 5 heteroatoms. The molecule has 4 aromatic carbocycles. The number of benzene rings is 4. The van der Waals surface area contributed by atoms with Gasteiger partial charge in [-0.15, -0.1) is 0 Å². The number of carbonyl (C=O) groups is 1. The molecule has 0 spiro atoms. The van der Waals surface area contributed by atoms with E-state index in [1.165, 1.54) is 7.11 Å². The number of anilines is 1. The average molecular weight is 478 g/mol. The van der Waals surface area contributed by atoms with Crippen molar-refractivity contribution in [2.45, 2.75) is 5.60 Å². The number of morpholine rings is 1. The normalized spacial score (nSPS) is 16.3. The Hall–Kier alpha value is -4.09. The number of ether oxygens (including phenoxy) is 3. The van der Waals surface area contributed by atoms with Crippen LogP contribution in [-0.2, 0) is 15.1 Å². The molecule has 0 amide bonds. The molecule has 0 saturated carbocycles. The summed E-state index contributed by atoms with van der Waals surface area (Å²) in [6.45, 7) is 2.75. The second-order valence-corrected chi connectivity index (χ2v) is 9.06. The molecule has 0 N–H and O–H groups in total. The lowest BCUT2D eigenvalue weighted by Crippen LogP contribution is -2.37. The van der Waals surface area contributed by atoms with Crippen LogP contribution in [0.2, 0.25) is 0 Å². The van der Waals surface area contributed by atoms with Crippen LogP contribution < -0.4 is 9.64 Å². The predicted molar refractivity (Wildman–Crippen MR) is 142 cm³/mol. The van der Waals surface area contributed by atoms with Crippen LogP contribution in [0.3, 0.4) is 0 Å². The quantitative estimate of drug-likeness (QED) is 0.347. The summed E-state index contributed by atoms with van der Waals surface area (Å²) in [6, 6.07) is 28.6. The van der Waals surface area contributed by atoms with Gasteiger partial charge in [-0.1, -0.05) is 66.7 Å². The Morgan fingerprint density at radius 1 is 0.889 bits per heavy atom. The van der Waals surface area contributed by atoms with E-state index in [2.05, 4.69) is 53.5 Å². The molecule has 0 bridgehead atoms. The van der Waals surface area contributed by atoms with E-state index in [4.69, 9.17) is 14.2 Å². The topological polar surface area (TPSA) is 48.0 Å². The summed E-state index contributed by atoms with van der Waals surface area (Å²) in [5.41, 5.74) is 3.74. The zero-order valence-electron chi connectivity index (χ0n) is 20.1. The highest BCUT2D eigenvalue weighted by molar-refractivity contribution is 6.05. The number of esters is 1. The van der Waals surface area contributed by atoms with Crippen molar-refractivity contribution in [3.8, 4) is 5.75 Å². The number of nitrogens with zero attached hydrogens (tertiary/aromatic N) is 1. The van der Waals surface area contributed by atoms with E-state index in [1.54, 1.807) is 0 Å². The van der Waals surface area contributed by atoms with Crippen LogP contribution in [0, 0.1) is 0 Å². The van der Waals surface area contributed by atoms with Crippen LogP contribution in [-0.4, -0.2) is 39.4 Å². The highest BCUT2D eigenvalue weighted by Crippen LogP contribution is 2.45. The minimum Gasteiger partial charge on any atom is -0.473 e. The van der Waals surface area contributed by atoms with Crippen molar-refractivity contribution >= 4 is 28.5 Å². The number of methoxy groups -OCH3 is 1. The van der Waals surface area contributed by atoms with Crippen LogP contribution in [0.1, 0.15) is 27.0 Å². The number of fused-ring (bicyclic) bond motifs is 3. The Morgan fingerprint density at radius 3 is 2.19 bits per heavy atom. The largest absolute Gasteiger partial charge is 0.473 e. The maximum atomic E-state index is 12.8. The molecule has 1 fully saturated rings. The highest BCUT2D eigenvalue weighted by Gasteiger charge is 2.37. The van der Waals surface area contributed by atoms with Gasteiger partial charge in [0.2, 0.25) is 0 Å². The summed E-state index contributed by atoms with van der Waals surface area (Å²) >= 11 is 0. The highest BCUT2D eigenvalue weighted by atomic mass is 16.5. The van der Waals surface area contributed by atoms with Gasteiger partial charge in [-0.2, -0.15) is 0 Å². The van der Waals surface area contributed by atoms with Crippen LogP contribution in [0.4, 0.5) is 5.69 Å². The van der Waals surface area contributed by atoms with E-state index < -0.39 is 5.60 Å². The third kappa shape index (κ3) is 3.73. The van der Waals surface area contributed by atoms with E-state index in [0.29, 0.717) is 18.8 Å². The van der Waals surface area contributed by atoms with Crippen LogP contribution >= 0.6 is 0 Å².